The lowest BCUT2D eigenvalue weighted by molar-refractivity contribution is 1.17. The summed E-state index contributed by atoms with van der Waals surface area (Å²) in [4.78, 5) is 10.3. The number of fused-ring (bicyclic) bond motifs is 16. The highest BCUT2D eigenvalue weighted by Gasteiger charge is 2.49. The Morgan fingerprint density at radius 3 is 1.29 bits per heavy atom. The minimum Gasteiger partial charge on any atom is -0.311 e. The Kier molecular flexibility index (Phi) is 9.22. The minimum atomic E-state index is -0.131. The van der Waals surface area contributed by atoms with Crippen LogP contribution in [0, 0.1) is 0 Å². The molecule has 0 N–H and O–H groups in total. The summed E-state index contributed by atoms with van der Waals surface area (Å²) in [5.74, 6) is 0. The van der Waals surface area contributed by atoms with Gasteiger partial charge in [-0.2, -0.15) is 0 Å². The van der Waals surface area contributed by atoms with Gasteiger partial charge in [0.15, 0.2) is 0 Å². The molecule has 0 atom stereocenters. The zero-order valence-corrected chi connectivity index (χ0v) is 44.1. The molecule has 12 aromatic carbocycles. The Hall–Kier alpha value is -10.0. The molecule has 0 aliphatic carbocycles. The largest absolute Gasteiger partial charge is 0.311 e. The predicted octanol–water partition coefficient (Wildman–Crippen LogP) is 15.3. The second-order valence-electron chi connectivity index (χ2n) is 21.5. The van der Waals surface area contributed by atoms with Crippen molar-refractivity contribution in [2.75, 3.05) is 19.6 Å². The van der Waals surface area contributed by atoms with E-state index in [0.717, 1.165) is 34.0 Å². The van der Waals surface area contributed by atoms with E-state index in [2.05, 4.69) is 297 Å². The average molecular weight is 1030 g/mol. The number of para-hydroxylation sites is 8. The zero-order valence-electron chi connectivity index (χ0n) is 43.3. The third-order valence-corrected chi connectivity index (χ3v) is 18.6. The van der Waals surface area contributed by atoms with E-state index in [4.69, 9.17) is 0 Å². The molecule has 0 saturated heterocycles. The van der Waals surface area contributed by atoms with Crippen molar-refractivity contribution < 1.29 is 0 Å². The topological polar surface area (TPSA) is 17.9 Å². The lowest BCUT2D eigenvalue weighted by Gasteiger charge is -2.47. The maximum absolute atomic E-state index is 2.66. The van der Waals surface area contributed by atoms with Crippen LogP contribution in [0.2, 0.25) is 0 Å². The molecule has 6 heterocycles. The van der Waals surface area contributed by atoms with E-state index < -0.39 is 0 Å². The van der Waals surface area contributed by atoms with Gasteiger partial charge in [0.05, 0.1) is 22.4 Å². The van der Waals surface area contributed by atoms with Crippen molar-refractivity contribution in [3.8, 4) is 5.69 Å². The standard InChI is InChI=1S/C72H45B2N5S/c1-6-24-46(25-7-1)75-57-38-20-16-34-51(57)67-62(75)44-63-69-71(67)78(49-30-12-4-13-31-49)59-40-22-19-37-54(59)74(69)55-42-56-61(43-60(55)77(63)48-28-10-3-11-29-48)79(50-32-14-5-15-33-50)72-68-52-35-17-23-41-65(52)80-66(68)45-64-70(72)73(56)53-36-18-21-39-58(53)76(64)47-26-8-2-9-27-47/h1-45H. The molecule has 0 unspecified atom stereocenters. The first kappa shape index (κ1) is 44.0. The first-order valence-electron chi connectivity index (χ1n) is 27.7. The van der Waals surface area contributed by atoms with E-state index in [0.29, 0.717) is 0 Å². The van der Waals surface area contributed by atoms with Crippen LogP contribution in [0.15, 0.2) is 273 Å². The quantitative estimate of drug-likeness (QED) is 0.160. The first-order valence-corrected chi connectivity index (χ1v) is 28.5. The van der Waals surface area contributed by atoms with Crippen LogP contribution < -0.4 is 52.4 Å². The molecule has 5 nitrogen and oxygen atoms in total. The summed E-state index contributed by atoms with van der Waals surface area (Å²) in [6.07, 6.45) is 0. The third kappa shape index (κ3) is 5.97. The van der Waals surface area contributed by atoms with Gasteiger partial charge >= 0.3 is 0 Å². The molecule has 80 heavy (non-hydrogen) atoms. The van der Waals surface area contributed by atoms with Crippen molar-refractivity contribution in [3.63, 3.8) is 0 Å². The smallest absolute Gasteiger partial charge is 0.252 e. The molecule has 4 aliphatic heterocycles. The van der Waals surface area contributed by atoms with E-state index in [1.807, 2.05) is 11.3 Å². The van der Waals surface area contributed by atoms with Crippen LogP contribution in [-0.4, -0.2) is 18.0 Å². The lowest BCUT2D eigenvalue weighted by Crippen LogP contribution is -2.65. The molecule has 4 aliphatic rings. The van der Waals surface area contributed by atoms with Gasteiger partial charge in [0.25, 0.3) is 13.4 Å². The Morgan fingerprint density at radius 2 is 0.688 bits per heavy atom. The highest BCUT2D eigenvalue weighted by atomic mass is 32.1. The molecule has 2 aromatic heterocycles. The summed E-state index contributed by atoms with van der Waals surface area (Å²) in [5.41, 5.74) is 25.4. The van der Waals surface area contributed by atoms with E-state index >= 15 is 0 Å². The number of anilines is 12. The van der Waals surface area contributed by atoms with Gasteiger partial charge in [0, 0.05) is 93.5 Å². The summed E-state index contributed by atoms with van der Waals surface area (Å²) < 4.78 is 5.05. The maximum Gasteiger partial charge on any atom is 0.252 e. The van der Waals surface area contributed by atoms with Crippen LogP contribution in [0.1, 0.15) is 0 Å². The van der Waals surface area contributed by atoms with Crippen molar-refractivity contribution in [1.29, 1.82) is 0 Å². The Labute approximate surface area is 467 Å². The van der Waals surface area contributed by atoms with Crippen molar-refractivity contribution in [2.45, 2.75) is 0 Å². The highest BCUT2D eigenvalue weighted by molar-refractivity contribution is 7.26. The van der Waals surface area contributed by atoms with E-state index in [1.165, 1.54) is 115 Å². The number of benzene rings is 12. The molecule has 14 aromatic rings. The molecule has 0 amide bonds. The van der Waals surface area contributed by atoms with E-state index in [-0.39, 0.29) is 13.4 Å². The fraction of sp³-hybridized carbons (Fsp3) is 0. The fourth-order valence-electron chi connectivity index (χ4n) is 14.4. The second kappa shape index (κ2) is 16.7. The molecule has 8 heteroatoms. The Balaban J connectivity index is 1.02. The first-order chi connectivity index (χ1) is 39.8. The van der Waals surface area contributed by atoms with Crippen molar-refractivity contribution in [3.05, 3.63) is 273 Å². The van der Waals surface area contributed by atoms with E-state index in [9.17, 15) is 0 Å². The average Bonchev–Trinajstić information content (AvgIpc) is 4.17. The second-order valence-corrected chi connectivity index (χ2v) is 22.6. The van der Waals surface area contributed by atoms with Crippen LogP contribution in [0.5, 0.6) is 0 Å². The third-order valence-electron chi connectivity index (χ3n) is 17.4. The number of rotatable bonds is 5. The van der Waals surface area contributed by atoms with Gasteiger partial charge in [-0.3, -0.25) is 0 Å². The van der Waals surface area contributed by atoms with Crippen molar-refractivity contribution in [1.82, 2.24) is 4.57 Å². The summed E-state index contributed by atoms with van der Waals surface area (Å²) in [6, 6.07) is 102. The Morgan fingerprint density at radius 1 is 0.263 bits per heavy atom. The van der Waals surface area contributed by atoms with Crippen LogP contribution in [0.3, 0.4) is 0 Å². The zero-order chi connectivity index (χ0) is 52.2. The molecule has 0 spiro atoms. The number of aromatic nitrogens is 1. The number of thiophene rings is 1. The van der Waals surface area contributed by atoms with Gasteiger partial charge < -0.3 is 24.2 Å². The Bertz CT molecular complexity index is 4870. The molecule has 0 bridgehead atoms. The summed E-state index contributed by atoms with van der Waals surface area (Å²) >= 11 is 1.90. The van der Waals surface area contributed by atoms with Gasteiger partial charge in [0.1, 0.15) is 0 Å². The fourth-order valence-corrected chi connectivity index (χ4v) is 15.6. The van der Waals surface area contributed by atoms with Crippen LogP contribution in [-0.2, 0) is 0 Å². The van der Waals surface area contributed by atoms with Crippen LogP contribution in [0.25, 0.3) is 47.7 Å². The molecule has 18 rings (SSSR count). The molecule has 370 valence electrons. The molecule has 0 fully saturated rings. The summed E-state index contributed by atoms with van der Waals surface area (Å²) in [7, 11) is 0. The van der Waals surface area contributed by atoms with Crippen LogP contribution >= 0.6 is 11.3 Å². The van der Waals surface area contributed by atoms with Crippen molar-refractivity contribution in [2.24, 2.45) is 0 Å². The predicted molar refractivity (Wildman–Crippen MR) is 342 cm³/mol. The summed E-state index contributed by atoms with van der Waals surface area (Å²) in [5, 5.41) is 5.04. The molecular weight excluding hydrogens is 989 g/mol. The minimum absolute atomic E-state index is 0.100. The van der Waals surface area contributed by atoms with Gasteiger partial charge in [0.2, 0.25) is 0 Å². The van der Waals surface area contributed by atoms with E-state index in [1.54, 1.807) is 0 Å². The van der Waals surface area contributed by atoms with Crippen molar-refractivity contribution >= 4 is 168 Å². The van der Waals surface area contributed by atoms with Crippen LogP contribution in [0.4, 0.5) is 68.2 Å². The van der Waals surface area contributed by atoms with Gasteiger partial charge in [-0.1, -0.05) is 170 Å². The van der Waals surface area contributed by atoms with Gasteiger partial charge in [-0.05, 0) is 136 Å². The van der Waals surface area contributed by atoms with Gasteiger partial charge in [-0.15, -0.1) is 11.3 Å². The monoisotopic (exact) mass is 1030 g/mol. The number of hydrogen-bond acceptors (Lipinski definition) is 5. The number of hydrogen-bond donors (Lipinski definition) is 0. The summed E-state index contributed by atoms with van der Waals surface area (Å²) in [6.45, 7) is -0.231. The number of nitrogens with zero attached hydrogens (tertiary/aromatic N) is 5. The highest BCUT2D eigenvalue weighted by Crippen LogP contribution is 2.54. The lowest BCUT2D eigenvalue weighted by atomic mass is 9.30. The van der Waals surface area contributed by atoms with Gasteiger partial charge in [-0.25, -0.2) is 0 Å². The molecule has 0 saturated carbocycles. The normalized spacial score (nSPS) is 13.6. The molecule has 0 radical (unpaired) electrons. The maximum atomic E-state index is 2.66. The SMILES string of the molecule is c1ccc(N2c3ccccc3B3c4cc5c(cc4N(c4ccccc4)c4c3c2cc2sc3ccccc3c42)N(c2ccccc2)c2cc3c(c4c2B5c2ccccc2N4c2ccccc2)c2ccccc2n3-c2ccccc2)cc1. The molecular formula is C72H45B2N5S.